The number of hydrogen-bond acceptors (Lipinski definition) is 4. The number of aromatic carboxylic acids is 1. The van der Waals surface area contributed by atoms with E-state index in [0.717, 1.165) is 6.07 Å². The smallest absolute Gasteiger partial charge is 0.335 e. The van der Waals surface area contributed by atoms with Gasteiger partial charge < -0.3 is 21.7 Å². The van der Waals surface area contributed by atoms with Crippen molar-refractivity contribution in [3.63, 3.8) is 0 Å². The Balaban J connectivity index is 3.31. The monoisotopic (exact) mass is 168 g/mol. The van der Waals surface area contributed by atoms with Crippen molar-refractivity contribution in [1.82, 2.24) is 0 Å². The number of anilines is 2. The highest BCUT2D eigenvalue weighted by molar-refractivity contribution is 5.91. The van der Waals surface area contributed by atoms with Gasteiger partial charge in [-0.25, -0.2) is 4.79 Å². The summed E-state index contributed by atoms with van der Waals surface area (Å²) >= 11 is 0. The van der Waals surface area contributed by atoms with Crippen LogP contribution in [0.1, 0.15) is 10.4 Å². The second-order valence-electron chi connectivity index (χ2n) is 2.30. The molecule has 1 aromatic rings. The molecule has 5 nitrogen and oxygen atoms in total. The molecule has 0 saturated heterocycles. The molecule has 0 aliphatic heterocycles. The molecule has 0 saturated carbocycles. The van der Waals surface area contributed by atoms with Gasteiger partial charge in [-0.3, -0.25) is 0 Å². The zero-order chi connectivity index (χ0) is 9.30. The van der Waals surface area contributed by atoms with E-state index in [2.05, 4.69) is 0 Å². The van der Waals surface area contributed by atoms with Gasteiger partial charge in [-0.2, -0.15) is 0 Å². The van der Waals surface area contributed by atoms with Gasteiger partial charge in [0.15, 0.2) is 0 Å². The van der Waals surface area contributed by atoms with Crippen molar-refractivity contribution >= 4 is 17.3 Å². The topological polar surface area (TPSA) is 110 Å². The Labute approximate surface area is 68.2 Å². The van der Waals surface area contributed by atoms with Crippen LogP contribution in [0, 0.1) is 0 Å². The van der Waals surface area contributed by atoms with E-state index in [1.807, 2.05) is 0 Å². The van der Waals surface area contributed by atoms with Crippen molar-refractivity contribution < 1.29 is 15.0 Å². The van der Waals surface area contributed by atoms with Crippen LogP contribution in [0.5, 0.6) is 5.75 Å². The molecule has 0 aromatic heterocycles. The Kier molecular flexibility index (Phi) is 1.78. The van der Waals surface area contributed by atoms with Gasteiger partial charge in [0.25, 0.3) is 0 Å². The Bertz CT molecular complexity index is 312. The first kappa shape index (κ1) is 8.19. The van der Waals surface area contributed by atoms with Crippen molar-refractivity contribution in [3.05, 3.63) is 17.7 Å². The molecule has 6 N–H and O–H groups in total. The summed E-state index contributed by atoms with van der Waals surface area (Å²) in [7, 11) is 0. The minimum Gasteiger partial charge on any atom is -0.506 e. The lowest BCUT2D eigenvalue weighted by atomic mass is 10.1. The van der Waals surface area contributed by atoms with Gasteiger partial charge in [0.05, 0.1) is 16.9 Å². The highest BCUT2D eigenvalue weighted by Crippen LogP contribution is 2.27. The van der Waals surface area contributed by atoms with E-state index in [0.29, 0.717) is 0 Å². The van der Waals surface area contributed by atoms with Gasteiger partial charge in [0.2, 0.25) is 0 Å². The van der Waals surface area contributed by atoms with E-state index >= 15 is 0 Å². The molecular formula is C7H8N2O3. The van der Waals surface area contributed by atoms with E-state index in [1.54, 1.807) is 0 Å². The van der Waals surface area contributed by atoms with Gasteiger partial charge in [-0.05, 0) is 12.1 Å². The van der Waals surface area contributed by atoms with Crippen molar-refractivity contribution in [3.8, 4) is 5.75 Å². The Morgan fingerprint density at radius 2 is 1.92 bits per heavy atom. The maximum atomic E-state index is 10.4. The van der Waals surface area contributed by atoms with E-state index in [9.17, 15) is 4.79 Å². The van der Waals surface area contributed by atoms with E-state index < -0.39 is 5.97 Å². The summed E-state index contributed by atoms with van der Waals surface area (Å²) in [6.45, 7) is 0. The van der Waals surface area contributed by atoms with E-state index in [-0.39, 0.29) is 22.7 Å². The summed E-state index contributed by atoms with van der Waals surface area (Å²) in [4.78, 5) is 10.4. The van der Waals surface area contributed by atoms with Crippen LogP contribution in [0.25, 0.3) is 0 Å². The zero-order valence-corrected chi connectivity index (χ0v) is 6.11. The lowest BCUT2D eigenvalue weighted by Gasteiger charge is -2.03. The summed E-state index contributed by atoms with van der Waals surface area (Å²) < 4.78 is 0. The van der Waals surface area contributed by atoms with Crippen LogP contribution in [0.2, 0.25) is 0 Å². The molecule has 0 radical (unpaired) electrons. The molecule has 0 heterocycles. The molecule has 0 aliphatic carbocycles. The predicted molar refractivity (Wildman–Crippen MR) is 43.9 cm³/mol. The summed E-state index contributed by atoms with van der Waals surface area (Å²) in [5.74, 6) is -1.47. The second-order valence-corrected chi connectivity index (χ2v) is 2.30. The van der Waals surface area contributed by atoms with Gasteiger partial charge in [-0.15, -0.1) is 0 Å². The third-order valence-corrected chi connectivity index (χ3v) is 1.44. The molecule has 0 unspecified atom stereocenters. The SMILES string of the molecule is Nc1cc(C(=O)O)cc(O)c1N. The lowest BCUT2D eigenvalue weighted by Crippen LogP contribution is -2.01. The second kappa shape index (κ2) is 2.61. The highest BCUT2D eigenvalue weighted by atomic mass is 16.4. The first-order valence-corrected chi connectivity index (χ1v) is 3.13. The number of hydrogen-bond donors (Lipinski definition) is 4. The zero-order valence-electron chi connectivity index (χ0n) is 6.11. The average Bonchev–Trinajstić information content (AvgIpc) is 1.99. The Morgan fingerprint density at radius 1 is 1.33 bits per heavy atom. The van der Waals surface area contributed by atoms with Crippen LogP contribution in [0.15, 0.2) is 12.1 Å². The number of benzene rings is 1. The van der Waals surface area contributed by atoms with Gasteiger partial charge in [0.1, 0.15) is 5.75 Å². The summed E-state index contributed by atoms with van der Waals surface area (Å²) in [5.41, 5.74) is 10.6. The van der Waals surface area contributed by atoms with Crippen LogP contribution < -0.4 is 11.5 Å². The number of phenols is 1. The fraction of sp³-hybridized carbons (Fsp3) is 0. The van der Waals surface area contributed by atoms with Crippen LogP contribution >= 0.6 is 0 Å². The molecule has 0 fully saturated rings. The number of carboxylic acids is 1. The lowest BCUT2D eigenvalue weighted by molar-refractivity contribution is 0.0696. The van der Waals surface area contributed by atoms with Crippen LogP contribution in [-0.4, -0.2) is 16.2 Å². The quantitative estimate of drug-likeness (QED) is 0.355. The molecule has 0 aliphatic rings. The molecule has 0 spiro atoms. The van der Waals surface area contributed by atoms with Crippen molar-refractivity contribution in [2.75, 3.05) is 11.5 Å². The summed E-state index contributed by atoms with van der Waals surface area (Å²) in [6.07, 6.45) is 0. The normalized spacial score (nSPS) is 9.67. The third kappa shape index (κ3) is 1.24. The molecule has 1 aromatic carbocycles. The van der Waals surface area contributed by atoms with E-state index in [1.165, 1.54) is 6.07 Å². The first-order valence-electron chi connectivity index (χ1n) is 3.13. The molecule has 64 valence electrons. The number of aromatic hydroxyl groups is 1. The van der Waals surface area contributed by atoms with Crippen LogP contribution in [-0.2, 0) is 0 Å². The number of carbonyl (C=O) groups is 1. The Morgan fingerprint density at radius 3 is 2.33 bits per heavy atom. The predicted octanol–water partition coefficient (Wildman–Crippen LogP) is 0.255. The largest absolute Gasteiger partial charge is 0.506 e. The standard InChI is InChI=1S/C7H8N2O3/c8-4-1-3(7(11)12)2-5(10)6(4)9/h1-2,10H,8-9H2,(H,11,12). The van der Waals surface area contributed by atoms with Crippen molar-refractivity contribution in [2.45, 2.75) is 0 Å². The highest BCUT2D eigenvalue weighted by Gasteiger charge is 2.08. The van der Waals surface area contributed by atoms with Gasteiger partial charge in [-0.1, -0.05) is 0 Å². The van der Waals surface area contributed by atoms with Gasteiger partial charge in [0, 0.05) is 0 Å². The number of carboxylic acid groups (broad SMARTS) is 1. The summed E-state index contributed by atoms with van der Waals surface area (Å²) in [6, 6.07) is 2.24. The fourth-order valence-corrected chi connectivity index (χ4v) is 0.783. The van der Waals surface area contributed by atoms with E-state index in [4.69, 9.17) is 21.7 Å². The van der Waals surface area contributed by atoms with Gasteiger partial charge >= 0.3 is 5.97 Å². The van der Waals surface area contributed by atoms with Crippen molar-refractivity contribution in [2.24, 2.45) is 0 Å². The fourth-order valence-electron chi connectivity index (χ4n) is 0.783. The maximum Gasteiger partial charge on any atom is 0.335 e. The number of rotatable bonds is 1. The number of nitrogens with two attached hydrogens (primary N) is 2. The molecule has 12 heavy (non-hydrogen) atoms. The molecule has 0 amide bonds. The minimum atomic E-state index is -1.16. The molecule has 1 rings (SSSR count). The van der Waals surface area contributed by atoms with Crippen molar-refractivity contribution in [1.29, 1.82) is 0 Å². The molecule has 0 atom stereocenters. The average molecular weight is 168 g/mol. The minimum absolute atomic E-state index is 0.000000000000000222. The molecular weight excluding hydrogens is 160 g/mol. The van der Waals surface area contributed by atoms with Crippen LogP contribution in [0.4, 0.5) is 11.4 Å². The number of phenolic OH excluding ortho intramolecular Hbond substituents is 1. The third-order valence-electron chi connectivity index (χ3n) is 1.44. The first-order chi connectivity index (χ1) is 5.52. The van der Waals surface area contributed by atoms with Crippen LogP contribution in [0.3, 0.4) is 0 Å². The molecule has 0 bridgehead atoms. The maximum absolute atomic E-state index is 10.4. The number of nitrogen functional groups attached to an aromatic ring is 2. The Hall–Kier alpha value is -1.91. The summed E-state index contributed by atoms with van der Waals surface area (Å²) in [5, 5.41) is 17.6. The molecule has 5 heteroatoms.